The van der Waals surface area contributed by atoms with E-state index in [0.717, 1.165) is 12.1 Å². The van der Waals surface area contributed by atoms with Crippen LogP contribution in [0.15, 0.2) is 77.9 Å². The zero-order valence-electron chi connectivity index (χ0n) is 18.3. The third-order valence-electron chi connectivity index (χ3n) is 4.39. The molecule has 36 heavy (non-hydrogen) atoms. The Kier molecular flexibility index (Phi) is 8.34. The van der Waals surface area contributed by atoms with Crippen LogP contribution in [0, 0.1) is 5.82 Å². The highest BCUT2D eigenvalue weighted by molar-refractivity contribution is 6.39. The van der Waals surface area contributed by atoms with Crippen LogP contribution >= 0.6 is 0 Å². The fourth-order valence-electron chi connectivity index (χ4n) is 2.74. The van der Waals surface area contributed by atoms with Crippen molar-refractivity contribution in [3.63, 3.8) is 0 Å². The maximum atomic E-state index is 12.9. The second-order valence-corrected chi connectivity index (χ2v) is 7.15. The summed E-state index contributed by atoms with van der Waals surface area (Å²) >= 11 is 0. The Morgan fingerprint density at radius 2 is 1.58 bits per heavy atom. The summed E-state index contributed by atoms with van der Waals surface area (Å²) in [5.74, 6) is -3.01. The molecule has 0 aliphatic rings. The lowest BCUT2D eigenvalue weighted by atomic mass is 10.2. The number of nitrogens with zero attached hydrogens (tertiary/aromatic N) is 1. The number of anilines is 2. The molecule has 0 aromatic heterocycles. The lowest BCUT2D eigenvalue weighted by Gasteiger charge is -2.09. The standard InChI is InChI=1S/C24H18F4N4O4/c25-17-7-9-18(10-8-17)30-21(33)14-36-20-6-1-3-15(11-20)13-29-32-23(35)22(34)31-19-5-2-4-16(12-19)24(26,27)28/h1-13H,14H2,(H,30,33)(H,31,34)(H,32,35)/b29-13-. The van der Waals surface area contributed by atoms with Gasteiger partial charge in [-0.05, 0) is 60.2 Å². The van der Waals surface area contributed by atoms with Crippen LogP contribution in [0.25, 0.3) is 0 Å². The first-order valence-corrected chi connectivity index (χ1v) is 10.2. The van der Waals surface area contributed by atoms with Crippen LogP contribution in [-0.4, -0.2) is 30.5 Å². The van der Waals surface area contributed by atoms with Crippen LogP contribution in [0.4, 0.5) is 28.9 Å². The van der Waals surface area contributed by atoms with Gasteiger partial charge in [-0.1, -0.05) is 18.2 Å². The van der Waals surface area contributed by atoms with Gasteiger partial charge in [0.05, 0.1) is 11.8 Å². The lowest BCUT2D eigenvalue weighted by molar-refractivity contribution is -0.137. The summed E-state index contributed by atoms with van der Waals surface area (Å²) in [5.41, 5.74) is 1.63. The summed E-state index contributed by atoms with van der Waals surface area (Å²) in [5, 5.41) is 8.23. The van der Waals surface area contributed by atoms with Gasteiger partial charge in [-0.2, -0.15) is 18.3 Å². The minimum atomic E-state index is -4.60. The van der Waals surface area contributed by atoms with Crippen molar-refractivity contribution in [2.75, 3.05) is 17.2 Å². The van der Waals surface area contributed by atoms with Crippen molar-refractivity contribution in [1.29, 1.82) is 0 Å². The summed E-state index contributed by atoms with van der Waals surface area (Å²) in [6.07, 6.45) is -3.40. The van der Waals surface area contributed by atoms with Crippen molar-refractivity contribution < 1.29 is 36.7 Å². The molecule has 3 N–H and O–H groups in total. The Morgan fingerprint density at radius 3 is 2.31 bits per heavy atom. The van der Waals surface area contributed by atoms with Crippen molar-refractivity contribution in [3.8, 4) is 5.75 Å². The minimum absolute atomic E-state index is 0.206. The Balaban J connectivity index is 1.49. The molecule has 3 rings (SSSR count). The Hall–Kier alpha value is -4.74. The molecule has 0 radical (unpaired) electrons. The molecule has 0 atom stereocenters. The maximum Gasteiger partial charge on any atom is 0.416 e. The molecule has 0 unspecified atom stereocenters. The zero-order valence-corrected chi connectivity index (χ0v) is 18.3. The van der Waals surface area contributed by atoms with E-state index in [4.69, 9.17) is 4.74 Å². The van der Waals surface area contributed by atoms with Gasteiger partial charge in [0.25, 0.3) is 5.91 Å². The number of alkyl halides is 3. The topological polar surface area (TPSA) is 109 Å². The summed E-state index contributed by atoms with van der Waals surface area (Å²) in [6, 6.07) is 15.3. The van der Waals surface area contributed by atoms with Crippen molar-refractivity contribution in [3.05, 3.63) is 89.7 Å². The van der Waals surface area contributed by atoms with E-state index in [0.29, 0.717) is 23.1 Å². The molecular formula is C24H18F4N4O4. The van der Waals surface area contributed by atoms with Gasteiger partial charge in [0.2, 0.25) is 0 Å². The van der Waals surface area contributed by atoms with Crippen LogP contribution in [0.3, 0.4) is 0 Å². The first kappa shape index (κ1) is 25.9. The predicted octanol–water partition coefficient (Wildman–Crippen LogP) is 3.95. The molecule has 0 aliphatic carbocycles. The third-order valence-corrected chi connectivity index (χ3v) is 4.39. The average Bonchev–Trinajstić information content (AvgIpc) is 2.84. The quantitative estimate of drug-likeness (QED) is 0.197. The fraction of sp³-hybridized carbons (Fsp3) is 0.0833. The number of carbonyl (C=O) groups excluding carboxylic acids is 3. The van der Waals surface area contributed by atoms with Gasteiger partial charge in [-0.25, -0.2) is 9.82 Å². The van der Waals surface area contributed by atoms with Crippen molar-refractivity contribution in [2.45, 2.75) is 6.18 Å². The molecule has 0 saturated heterocycles. The first-order valence-electron chi connectivity index (χ1n) is 10.2. The van der Waals surface area contributed by atoms with Gasteiger partial charge >= 0.3 is 18.0 Å². The largest absolute Gasteiger partial charge is 0.484 e. The molecule has 0 bridgehead atoms. The molecule has 186 valence electrons. The normalized spacial score (nSPS) is 11.1. The Labute approximate surface area is 202 Å². The number of halogens is 4. The lowest BCUT2D eigenvalue weighted by Crippen LogP contribution is -2.32. The number of carbonyl (C=O) groups is 3. The van der Waals surface area contributed by atoms with Gasteiger partial charge in [-0.15, -0.1) is 0 Å². The van der Waals surface area contributed by atoms with Gasteiger partial charge in [0.1, 0.15) is 11.6 Å². The monoisotopic (exact) mass is 502 g/mol. The Bertz CT molecular complexity index is 1280. The third kappa shape index (κ3) is 7.94. The Morgan fingerprint density at radius 1 is 0.861 bits per heavy atom. The molecule has 0 aliphatic heterocycles. The molecule has 0 fully saturated rings. The number of rotatable bonds is 7. The smallest absolute Gasteiger partial charge is 0.416 e. The van der Waals surface area contributed by atoms with E-state index in [-0.39, 0.29) is 12.3 Å². The van der Waals surface area contributed by atoms with E-state index >= 15 is 0 Å². The van der Waals surface area contributed by atoms with E-state index < -0.39 is 35.3 Å². The number of hydrazone groups is 1. The van der Waals surface area contributed by atoms with Crippen LogP contribution in [0.1, 0.15) is 11.1 Å². The molecular weight excluding hydrogens is 484 g/mol. The molecule has 0 heterocycles. The molecule has 0 saturated carbocycles. The second-order valence-electron chi connectivity index (χ2n) is 7.15. The second kappa shape index (κ2) is 11.6. The molecule has 3 aromatic rings. The zero-order chi connectivity index (χ0) is 26.1. The summed E-state index contributed by atoms with van der Waals surface area (Å²) < 4.78 is 56.6. The average molecular weight is 502 g/mol. The number of ether oxygens (including phenoxy) is 1. The number of amides is 3. The molecule has 8 nitrogen and oxygen atoms in total. The fourth-order valence-corrected chi connectivity index (χ4v) is 2.74. The highest BCUT2D eigenvalue weighted by Gasteiger charge is 2.30. The van der Waals surface area contributed by atoms with Gasteiger partial charge in [0, 0.05) is 11.4 Å². The predicted molar refractivity (Wildman–Crippen MR) is 123 cm³/mol. The van der Waals surface area contributed by atoms with Gasteiger partial charge in [0.15, 0.2) is 6.61 Å². The summed E-state index contributed by atoms with van der Waals surface area (Å²) in [7, 11) is 0. The number of hydrogen-bond donors (Lipinski definition) is 3. The highest BCUT2D eigenvalue weighted by Crippen LogP contribution is 2.30. The van der Waals surface area contributed by atoms with Crippen molar-refractivity contribution in [2.24, 2.45) is 5.10 Å². The van der Waals surface area contributed by atoms with Crippen LogP contribution in [0.2, 0.25) is 0 Å². The van der Waals surface area contributed by atoms with E-state index in [1.54, 1.807) is 18.2 Å². The van der Waals surface area contributed by atoms with Gasteiger partial charge < -0.3 is 15.4 Å². The number of nitrogens with one attached hydrogen (secondary N) is 3. The minimum Gasteiger partial charge on any atom is -0.484 e. The van der Waals surface area contributed by atoms with Crippen molar-refractivity contribution in [1.82, 2.24) is 5.43 Å². The summed E-state index contributed by atoms with van der Waals surface area (Å²) in [6.45, 7) is -0.329. The highest BCUT2D eigenvalue weighted by atomic mass is 19.4. The maximum absolute atomic E-state index is 12.9. The van der Waals surface area contributed by atoms with Crippen LogP contribution in [-0.2, 0) is 20.6 Å². The summed E-state index contributed by atoms with van der Waals surface area (Å²) in [4.78, 5) is 35.8. The van der Waals surface area contributed by atoms with E-state index in [2.05, 4.69) is 15.7 Å². The van der Waals surface area contributed by atoms with Crippen molar-refractivity contribution >= 4 is 35.3 Å². The van der Waals surface area contributed by atoms with E-state index in [1.807, 2.05) is 5.43 Å². The van der Waals surface area contributed by atoms with Gasteiger partial charge in [-0.3, -0.25) is 14.4 Å². The molecule has 0 spiro atoms. The molecule has 3 aromatic carbocycles. The number of hydrogen-bond acceptors (Lipinski definition) is 5. The van der Waals surface area contributed by atoms with Crippen LogP contribution < -0.4 is 20.8 Å². The number of benzene rings is 3. The molecule has 3 amide bonds. The molecule has 12 heteroatoms. The van der Waals surface area contributed by atoms with E-state index in [9.17, 15) is 31.9 Å². The SMILES string of the molecule is O=C(COc1cccc(/C=N\NC(=O)C(=O)Nc2cccc(C(F)(F)F)c2)c1)Nc1ccc(F)cc1. The first-order chi connectivity index (χ1) is 17.1. The van der Waals surface area contributed by atoms with Crippen LogP contribution in [0.5, 0.6) is 5.75 Å². The van der Waals surface area contributed by atoms with E-state index in [1.165, 1.54) is 42.6 Å².